The molecule has 0 spiro atoms. The number of hydrogen-bond donors (Lipinski definition) is 1. The van der Waals surface area contributed by atoms with E-state index in [-0.39, 0.29) is 5.56 Å². The Morgan fingerprint density at radius 2 is 2.42 bits per heavy atom. The number of nitrogens with zero attached hydrogens (tertiary/aromatic N) is 1. The van der Waals surface area contributed by atoms with Crippen molar-refractivity contribution in [1.29, 1.82) is 0 Å². The minimum atomic E-state index is -0.0475. The van der Waals surface area contributed by atoms with Crippen LogP contribution in [-0.4, -0.2) is 9.97 Å². The van der Waals surface area contributed by atoms with E-state index in [9.17, 15) is 4.79 Å². The summed E-state index contributed by atoms with van der Waals surface area (Å²) in [6.45, 7) is 1.97. The summed E-state index contributed by atoms with van der Waals surface area (Å²) in [5.74, 6) is 0. The highest BCUT2D eigenvalue weighted by Gasteiger charge is 2.05. The van der Waals surface area contributed by atoms with Gasteiger partial charge in [0.15, 0.2) is 3.83 Å². The van der Waals surface area contributed by atoms with Crippen LogP contribution in [0.15, 0.2) is 10.2 Å². The van der Waals surface area contributed by atoms with Crippen LogP contribution < -0.4 is 5.56 Å². The van der Waals surface area contributed by atoms with Crippen molar-refractivity contribution in [1.82, 2.24) is 9.97 Å². The fourth-order valence-electron chi connectivity index (χ4n) is 1.04. The van der Waals surface area contributed by atoms with Gasteiger partial charge >= 0.3 is 0 Å². The molecule has 0 amide bonds. The largest absolute Gasteiger partial charge is 0.301 e. The van der Waals surface area contributed by atoms with Gasteiger partial charge in [-0.25, -0.2) is 4.98 Å². The Labute approximate surface area is 86.0 Å². The summed E-state index contributed by atoms with van der Waals surface area (Å²) in [5, 5.41) is 2.53. The maximum atomic E-state index is 11.3. The highest BCUT2D eigenvalue weighted by Crippen LogP contribution is 2.19. The number of aryl methyl sites for hydroxylation is 1. The Bertz CT molecular complexity index is 488. The number of thiophene rings is 1. The molecule has 2 heterocycles. The van der Waals surface area contributed by atoms with Crippen LogP contribution in [-0.2, 0) is 0 Å². The lowest BCUT2D eigenvalue weighted by atomic mass is 10.3. The van der Waals surface area contributed by atoms with Crippen molar-refractivity contribution in [2.24, 2.45) is 0 Å². The Hall–Kier alpha value is -0.430. The molecule has 0 aromatic carbocycles. The Morgan fingerprint density at radius 1 is 1.67 bits per heavy atom. The van der Waals surface area contributed by atoms with Crippen LogP contribution in [0.3, 0.4) is 0 Å². The summed E-state index contributed by atoms with van der Waals surface area (Å²) in [6.07, 6.45) is 0. The van der Waals surface area contributed by atoms with Crippen molar-refractivity contribution >= 4 is 44.8 Å². The van der Waals surface area contributed by atoms with Crippen LogP contribution in [0.1, 0.15) is 4.88 Å². The number of nitrogens with one attached hydrogen (secondary N) is 1. The number of fused-ring (bicyclic) bond motifs is 1. The van der Waals surface area contributed by atoms with Gasteiger partial charge in [0, 0.05) is 10.3 Å². The number of H-pyrrole nitrogens is 1. The van der Waals surface area contributed by atoms with Gasteiger partial charge in [-0.05, 0) is 29.5 Å². The molecule has 0 aliphatic heterocycles. The average molecular weight is 292 g/mol. The first-order chi connectivity index (χ1) is 5.68. The molecule has 2 aromatic rings. The lowest BCUT2D eigenvalue weighted by Crippen LogP contribution is -2.08. The van der Waals surface area contributed by atoms with Crippen molar-refractivity contribution in [3.8, 4) is 0 Å². The van der Waals surface area contributed by atoms with Gasteiger partial charge in [-0.2, -0.15) is 0 Å². The molecule has 0 saturated heterocycles. The summed E-state index contributed by atoms with van der Waals surface area (Å²) in [6, 6.07) is 0. The van der Waals surface area contributed by atoms with Gasteiger partial charge < -0.3 is 4.98 Å². The van der Waals surface area contributed by atoms with Gasteiger partial charge in [0.2, 0.25) is 0 Å². The predicted molar refractivity (Wildman–Crippen MR) is 57.7 cm³/mol. The third kappa shape index (κ3) is 1.16. The zero-order chi connectivity index (χ0) is 8.72. The zero-order valence-electron chi connectivity index (χ0n) is 6.22. The van der Waals surface area contributed by atoms with Crippen molar-refractivity contribution in [3.05, 3.63) is 24.4 Å². The topological polar surface area (TPSA) is 45.8 Å². The lowest BCUT2D eigenvalue weighted by molar-refractivity contribution is 1.11. The third-order valence-electron chi connectivity index (χ3n) is 1.61. The molecule has 12 heavy (non-hydrogen) atoms. The van der Waals surface area contributed by atoms with Crippen LogP contribution in [0.5, 0.6) is 0 Å². The second-order valence-corrected chi connectivity index (χ2v) is 4.52. The van der Waals surface area contributed by atoms with Gasteiger partial charge in [0.1, 0.15) is 0 Å². The van der Waals surface area contributed by atoms with E-state index >= 15 is 0 Å². The van der Waals surface area contributed by atoms with Crippen molar-refractivity contribution in [2.45, 2.75) is 6.92 Å². The summed E-state index contributed by atoms with van der Waals surface area (Å²) < 4.78 is 0.645. The Kier molecular flexibility index (Phi) is 1.91. The Balaban J connectivity index is 3.03. The maximum absolute atomic E-state index is 11.3. The first-order valence-corrected chi connectivity index (χ1v) is 5.28. The molecule has 1 N–H and O–H groups in total. The van der Waals surface area contributed by atoms with E-state index in [0.717, 1.165) is 10.4 Å². The van der Waals surface area contributed by atoms with Crippen LogP contribution in [0.4, 0.5) is 0 Å². The zero-order valence-corrected chi connectivity index (χ0v) is 9.19. The van der Waals surface area contributed by atoms with E-state index in [1.54, 1.807) is 11.3 Å². The van der Waals surface area contributed by atoms with E-state index in [2.05, 4.69) is 9.97 Å². The molecule has 0 radical (unpaired) electrons. The quantitative estimate of drug-likeness (QED) is 0.595. The molecule has 0 saturated carbocycles. The molecule has 0 aliphatic rings. The number of rotatable bonds is 0. The van der Waals surface area contributed by atoms with Crippen molar-refractivity contribution in [3.63, 3.8) is 0 Å². The van der Waals surface area contributed by atoms with Gasteiger partial charge in [0.05, 0.1) is 10.9 Å². The molecular weight excluding hydrogens is 287 g/mol. The molecule has 62 valence electrons. The molecule has 0 atom stereocenters. The normalized spacial score (nSPS) is 10.8. The van der Waals surface area contributed by atoms with E-state index < -0.39 is 0 Å². The molecule has 5 heteroatoms. The maximum Gasteiger partial charge on any atom is 0.260 e. The number of halogens is 1. The molecule has 0 unspecified atom stereocenters. The van der Waals surface area contributed by atoms with E-state index in [1.807, 2.05) is 34.9 Å². The molecule has 0 bridgehead atoms. The number of aromatic nitrogens is 2. The summed E-state index contributed by atoms with van der Waals surface area (Å²) in [7, 11) is 0. The first kappa shape index (κ1) is 8.18. The predicted octanol–water partition coefficient (Wildman–Crippen LogP) is 1.90. The molecule has 0 fully saturated rings. The summed E-state index contributed by atoms with van der Waals surface area (Å²) in [4.78, 5) is 19.3. The van der Waals surface area contributed by atoms with Crippen LogP contribution in [0, 0.1) is 10.8 Å². The monoisotopic (exact) mass is 292 g/mol. The third-order valence-corrected chi connectivity index (χ3v) is 3.02. The summed E-state index contributed by atoms with van der Waals surface area (Å²) in [5.41, 5.74) is 0.780. The number of aromatic amines is 1. The number of hydrogen-bond acceptors (Lipinski definition) is 3. The fourth-order valence-corrected chi connectivity index (χ4v) is 2.30. The fraction of sp³-hybridized carbons (Fsp3) is 0.143. The molecule has 2 aromatic heterocycles. The minimum Gasteiger partial charge on any atom is -0.301 e. The van der Waals surface area contributed by atoms with Crippen molar-refractivity contribution in [2.75, 3.05) is 0 Å². The molecule has 0 aliphatic carbocycles. The van der Waals surface area contributed by atoms with Crippen molar-refractivity contribution < 1.29 is 0 Å². The summed E-state index contributed by atoms with van der Waals surface area (Å²) >= 11 is 3.56. The van der Waals surface area contributed by atoms with Crippen LogP contribution in [0.2, 0.25) is 0 Å². The van der Waals surface area contributed by atoms with Gasteiger partial charge in [-0.1, -0.05) is 0 Å². The minimum absolute atomic E-state index is 0.0475. The highest BCUT2D eigenvalue weighted by molar-refractivity contribution is 14.1. The standard InChI is InChI=1S/C7H5IN2OS/c1-3-5-4(2-12-3)6(11)10-7(8)9-5/h2H,1H3,(H,9,10,11). The average Bonchev–Trinajstić information content (AvgIpc) is 2.33. The van der Waals surface area contributed by atoms with Gasteiger partial charge in [0.25, 0.3) is 5.56 Å². The lowest BCUT2D eigenvalue weighted by Gasteiger charge is -1.91. The second-order valence-electron chi connectivity index (χ2n) is 2.41. The molecular formula is C7H5IN2OS. The Morgan fingerprint density at radius 3 is 3.17 bits per heavy atom. The van der Waals surface area contributed by atoms with Gasteiger partial charge in [-0.3, -0.25) is 4.79 Å². The molecule has 2 rings (SSSR count). The van der Waals surface area contributed by atoms with Crippen LogP contribution in [0.25, 0.3) is 10.9 Å². The van der Waals surface area contributed by atoms with Crippen LogP contribution >= 0.6 is 33.9 Å². The van der Waals surface area contributed by atoms with E-state index in [1.165, 1.54) is 0 Å². The van der Waals surface area contributed by atoms with Gasteiger partial charge in [-0.15, -0.1) is 11.3 Å². The smallest absolute Gasteiger partial charge is 0.260 e. The molecule has 3 nitrogen and oxygen atoms in total. The van der Waals surface area contributed by atoms with E-state index in [0.29, 0.717) is 9.22 Å². The highest BCUT2D eigenvalue weighted by atomic mass is 127. The van der Waals surface area contributed by atoms with E-state index in [4.69, 9.17) is 0 Å². The SMILES string of the molecule is Cc1scc2c(=O)[nH]c(I)nc12. The second kappa shape index (κ2) is 2.81. The first-order valence-electron chi connectivity index (χ1n) is 3.32.